The summed E-state index contributed by atoms with van der Waals surface area (Å²) in [5, 5.41) is 10.7. The number of hydrogen-bond acceptors (Lipinski definition) is 5. The highest BCUT2D eigenvalue weighted by molar-refractivity contribution is 5.79. The quantitative estimate of drug-likeness (QED) is 0.329. The fraction of sp³-hybridized carbons (Fsp3) is 0.286. The van der Waals surface area contributed by atoms with Crippen molar-refractivity contribution in [1.29, 1.82) is 0 Å². The molecule has 3 aromatic rings. The predicted octanol–water partition coefficient (Wildman–Crippen LogP) is 2.41. The third-order valence-electron chi connectivity index (χ3n) is 4.11. The van der Waals surface area contributed by atoms with Crippen LogP contribution in [0.2, 0.25) is 0 Å². The molecule has 0 atom stereocenters. The molecule has 0 bridgehead atoms. The van der Waals surface area contributed by atoms with Crippen LogP contribution in [0.5, 0.6) is 11.5 Å². The third-order valence-corrected chi connectivity index (χ3v) is 4.11. The summed E-state index contributed by atoms with van der Waals surface area (Å²) in [7, 11) is 1.65. The first-order valence-electron chi connectivity index (χ1n) is 9.51. The van der Waals surface area contributed by atoms with E-state index in [1.54, 1.807) is 18.1 Å². The second-order valence-corrected chi connectivity index (χ2v) is 6.15. The molecular weight excluding hydrogens is 368 g/mol. The van der Waals surface area contributed by atoms with Crippen molar-refractivity contribution in [3.8, 4) is 17.2 Å². The van der Waals surface area contributed by atoms with Gasteiger partial charge in [-0.05, 0) is 48.9 Å². The molecule has 0 spiro atoms. The van der Waals surface area contributed by atoms with Crippen LogP contribution in [0.15, 0.2) is 66.2 Å². The molecule has 2 N–H and O–H groups in total. The van der Waals surface area contributed by atoms with Gasteiger partial charge in [0, 0.05) is 6.54 Å². The Labute approximate surface area is 170 Å². The number of nitrogens with zero attached hydrogens (tertiary/aromatic N) is 4. The van der Waals surface area contributed by atoms with Gasteiger partial charge in [0.1, 0.15) is 30.8 Å². The number of methoxy groups -OCH3 is 1. The normalized spacial score (nSPS) is 11.2. The van der Waals surface area contributed by atoms with Crippen molar-refractivity contribution < 1.29 is 9.47 Å². The van der Waals surface area contributed by atoms with E-state index in [9.17, 15) is 0 Å². The largest absolute Gasteiger partial charge is 0.497 e. The van der Waals surface area contributed by atoms with Crippen molar-refractivity contribution in [2.24, 2.45) is 4.99 Å². The zero-order valence-corrected chi connectivity index (χ0v) is 16.7. The molecule has 0 saturated heterocycles. The standard InChI is InChI=1S/C21H26N6O2/c1-3-23-21(24-12-13-29-20-10-8-19(28-2)9-11-20)25-14-17-4-6-18(7-5-17)27-16-22-15-26-27/h4-11,15-16H,3,12-14H2,1-2H3,(H2,23,24,25). The van der Waals surface area contributed by atoms with E-state index in [1.165, 1.54) is 6.33 Å². The van der Waals surface area contributed by atoms with Gasteiger partial charge in [0.2, 0.25) is 0 Å². The van der Waals surface area contributed by atoms with Gasteiger partial charge in [0.15, 0.2) is 5.96 Å². The highest BCUT2D eigenvalue weighted by atomic mass is 16.5. The van der Waals surface area contributed by atoms with Crippen LogP contribution >= 0.6 is 0 Å². The first-order valence-corrected chi connectivity index (χ1v) is 9.51. The number of aromatic nitrogens is 3. The lowest BCUT2D eigenvalue weighted by Gasteiger charge is -2.12. The Balaban J connectivity index is 1.47. The van der Waals surface area contributed by atoms with Crippen LogP contribution in [-0.4, -0.2) is 47.5 Å². The maximum Gasteiger partial charge on any atom is 0.191 e. The van der Waals surface area contributed by atoms with Gasteiger partial charge in [0.05, 0.1) is 25.9 Å². The molecule has 0 saturated carbocycles. The van der Waals surface area contributed by atoms with E-state index in [2.05, 4.69) is 25.7 Å². The summed E-state index contributed by atoms with van der Waals surface area (Å²) in [4.78, 5) is 8.59. The van der Waals surface area contributed by atoms with Crippen LogP contribution in [0, 0.1) is 0 Å². The Morgan fingerprint density at radius 1 is 1.03 bits per heavy atom. The van der Waals surface area contributed by atoms with E-state index in [4.69, 9.17) is 9.47 Å². The van der Waals surface area contributed by atoms with Gasteiger partial charge in [0.25, 0.3) is 0 Å². The summed E-state index contributed by atoms with van der Waals surface area (Å²) < 4.78 is 12.6. The molecule has 8 nitrogen and oxygen atoms in total. The first-order chi connectivity index (χ1) is 14.3. The van der Waals surface area contributed by atoms with E-state index in [1.807, 2.05) is 55.5 Å². The molecule has 0 amide bonds. The van der Waals surface area contributed by atoms with Gasteiger partial charge in [-0.3, -0.25) is 0 Å². The van der Waals surface area contributed by atoms with Crippen molar-refractivity contribution in [2.45, 2.75) is 13.5 Å². The molecule has 0 aliphatic heterocycles. The molecule has 1 aromatic heterocycles. The molecule has 3 rings (SSSR count). The molecule has 0 aliphatic rings. The summed E-state index contributed by atoms with van der Waals surface area (Å²) in [6.07, 6.45) is 3.19. The van der Waals surface area contributed by atoms with Crippen molar-refractivity contribution in [3.63, 3.8) is 0 Å². The van der Waals surface area contributed by atoms with Crippen LogP contribution in [-0.2, 0) is 6.54 Å². The van der Waals surface area contributed by atoms with E-state index in [0.717, 1.165) is 35.3 Å². The second kappa shape index (κ2) is 10.7. The summed E-state index contributed by atoms with van der Waals surface area (Å²) in [6.45, 7) is 4.58. The lowest BCUT2D eigenvalue weighted by Crippen LogP contribution is -2.39. The van der Waals surface area contributed by atoms with E-state index >= 15 is 0 Å². The van der Waals surface area contributed by atoms with Crippen molar-refractivity contribution >= 4 is 5.96 Å². The number of rotatable bonds is 9. The highest BCUT2D eigenvalue weighted by Gasteiger charge is 2.01. The molecule has 152 valence electrons. The third kappa shape index (κ3) is 6.24. The number of nitrogens with one attached hydrogen (secondary N) is 2. The molecule has 0 unspecified atom stereocenters. The van der Waals surface area contributed by atoms with Crippen molar-refractivity contribution in [3.05, 3.63) is 66.7 Å². The summed E-state index contributed by atoms with van der Waals surface area (Å²) in [5.74, 6) is 2.37. The Morgan fingerprint density at radius 2 is 1.79 bits per heavy atom. The lowest BCUT2D eigenvalue weighted by atomic mass is 10.2. The Hall–Kier alpha value is -3.55. The molecule has 0 aliphatic carbocycles. The van der Waals surface area contributed by atoms with Gasteiger partial charge >= 0.3 is 0 Å². The minimum atomic E-state index is 0.531. The number of benzene rings is 2. The minimum Gasteiger partial charge on any atom is -0.497 e. The number of ether oxygens (including phenoxy) is 2. The summed E-state index contributed by atoms with van der Waals surface area (Å²) in [6, 6.07) is 15.6. The van der Waals surface area contributed by atoms with Crippen molar-refractivity contribution in [2.75, 3.05) is 26.8 Å². The topological polar surface area (TPSA) is 85.6 Å². The average molecular weight is 394 g/mol. The monoisotopic (exact) mass is 394 g/mol. The molecule has 29 heavy (non-hydrogen) atoms. The molecular formula is C21H26N6O2. The molecule has 2 aromatic carbocycles. The van der Waals surface area contributed by atoms with E-state index in [-0.39, 0.29) is 0 Å². The zero-order valence-electron chi connectivity index (χ0n) is 16.7. The fourth-order valence-corrected chi connectivity index (χ4v) is 2.62. The maximum absolute atomic E-state index is 5.73. The number of hydrogen-bond donors (Lipinski definition) is 2. The minimum absolute atomic E-state index is 0.531. The van der Waals surface area contributed by atoms with Gasteiger partial charge in [-0.2, -0.15) is 5.10 Å². The lowest BCUT2D eigenvalue weighted by molar-refractivity contribution is 0.321. The molecule has 8 heteroatoms. The zero-order chi connectivity index (χ0) is 20.3. The fourth-order valence-electron chi connectivity index (χ4n) is 2.62. The van der Waals surface area contributed by atoms with E-state index < -0.39 is 0 Å². The Bertz CT molecular complexity index is 877. The number of aliphatic imine (C=N–C) groups is 1. The average Bonchev–Trinajstić information content (AvgIpc) is 3.30. The predicted molar refractivity (Wildman–Crippen MR) is 113 cm³/mol. The molecule has 0 fully saturated rings. The van der Waals surface area contributed by atoms with Gasteiger partial charge in [-0.25, -0.2) is 14.7 Å². The van der Waals surface area contributed by atoms with Gasteiger partial charge < -0.3 is 20.1 Å². The first kappa shape index (κ1) is 20.2. The highest BCUT2D eigenvalue weighted by Crippen LogP contribution is 2.16. The van der Waals surface area contributed by atoms with Crippen molar-refractivity contribution in [1.82, 2.24) is 25.4 Å². The SMILES string of the molecule is CCNC(=NCc1ccc(-n2cncn2)cc1)NCCOc1ccc(OC)cc1. The van der Waals surface area contributed by atoms with Crippen LogP contribution < -0.4 is 20.1 Å². The Morgan fingerprint density at radius 3 is 2.45 bits per heavy atom. The number of guanidine groups is 1. The van der Waals surface area contributed by atoms with E-state index in [0.29, 0.717) is 19.7 Å². The second-order valence-electron chi connectivity index (χ2n) is 6.15. The van der Waals surface area contributed by atoms with Gasteiger partial charge in [-0.1, -0.05) is 12.1 Å². The van der Waals surface area contributed by atoms with Crippen LogP contribution in [0.1, 0.15) is 12.5 Å². The van der Waals surface area contributed by atoms with Crippen LogP contribution in [0.3, 0.4) is 0 Å². The summed E-state index contributed by atoms with van der Waals surface area (Å²) >= 11 is 0. The molecule has 0 radical (unpaired) electrons. The maximum atomic E-state index is 5.73. The smallest absolute Gasteiger partial charge is 0.191 e. The van der Waals surface area contributed by atoms with Gasteiger partial charge in [-0.15, -0.1) is 0 Å². The Kier molecular flexibility index (Phi) is 7.45. The van der Waals surface area contributed by atoms with Crippen LogP contribution in [0.4, 0.5) is 0 Å². The molecule has 1 heterocycles. The van der Waals surface area contributed by atoms with Crippen LogP contribution in [0.25, 0.3) is 5.69 Å². The summed E-state index contributed by atoms with van der Waals surface area (Å²) in [5.41, 5.74) is 2.08.